The topological polar surface area (TPSA) is 135 Å². The number of imide groups is 1. The van der Waals surface area contributed by atoms with Crippen molar-refractivity contribution in [2.45, 2.75) is 52.0 Å². The molecule has 2 aromatic carbocycles. The van der Waals surface area contributed by atoms with Crippen molar-refractivity contribution in [2.75, 3.05) is 19.5 Å². The van der Waals surface area contributed by atoms with Crippen molar-refractivity contribution in [3.05, 3.63) is 70.5 Å². The van der Waals surface area contributed by atoms with E-state index >= 15 is 0 Å². The fourth-order valence-electron chi connectivity index (χ4n) is 5.86. The van der Waals surface area contributed by atoms with Crippen LogP contribution < -0.4 is 20.1 Å². The molecule has 1 aromatic heterocycles. The molecule has 230 valence electrons. The lowest BCUT2D eigenvalue weighted by molar-refractivity contribution is -0.147. The van der Waals surface area contributed by atoms with E-state index in [0.29, 0.717) is 46.4 Å². The first kappa shape index (κ1) is 30.9. The normalized spacial score (nSPS) is 18.9. The Morgan fingerprint density at radius 2 is 1.59 bits per heavy atom. The number of nitrogens with zero attached hydrogens (tertiary/aromatic N) is 4. The number of ether oxygens (including phenoxy) is 2. The van der Waals surface area contributed by atoms with Crippen molar-refractivity contribution in [1.82, 2.24) is 20.2 Å². The zero-order valence-corrected chi connectivity index (χ0v) is 25.9. The molecule has 1 saturated heterocycles. The Bertz CT molecular complexity index is 1550. The van der Waals surface area contributed by atoms with Gasteiger partial charge in [-0.2, -0.15) is 4.99 Å². The molecule has 2 fully saturated rings. The van der Waals surface area contributed by atoms with Gasteiger partial charge in [0.15, 0.2) is 0 Å². The molecule has 3 aromatic rings. The summed E-state index contributed by atoms with van der Waals surface area (Å²) < 4.78 is 10.9. The molecule has 3 amide bonds. The highest BCUT2D eigenvalue weighted by molar-refractivity contribution is 6.32. The second-order valence-electron chi connectivity index (χ2n) is 11.0. The summed E-state index contributed by atoms with van der Waals surface area (Å²) in [7, 11) is 2.96. The Balaban J connectivity index is 1.54. The maximum absolute atomic E-state index is 14.2. The number of aliphatic imine (C=N–C) groups is 1. The Morgan fingerprint density at radius 3 is 2.18 bits per heavy atom. The van der Waals surface area contributed by atoms with E-state index in [2.05, 4.69) is 25.6 Å². The zero-order valence-electron chi connectivity index (χ0n) is 25.1. The fourth-order valence-corrected chi connectivity index (χ4v) is 6.09. The third-order valence-corrected chi connectivity index (χ3v) is 8.21. The molecule has 11 nitrogen and oxygen atoms in total. The largest absolute Gasteiger partial charge is 0.495 e. The number of aryl methyl sites for hydroxylation is 2. The highest BCUT2D eigenvalue weighted by Crippen LogP contribution is 2.39. The van der Waals surface area contributed by atoms with Gasteiger partial charge in [0.25, 0.3) is 5.95 Å². The number of hydrogen-bond acceptors (Lipinski definition) is 8. The van der Waals surface area contributed by atoms with E-state index in [9.17, 15) is 14.4 Å². The third kappa shape index (κ3) is 6.67. The molecule has 12 heteroatoms. The summed E-state index contributed by atoms with van der Waals surface area (Å²) in [5, 5.41) is 6.23. The average molecular weight is 619 g/mol. The number of anilines is 1. The number of likely N-dealkylation sites (tertiary alicyclic amines) is 1. The summed E-state index contributed by atoms with van der Waals surface area (Å²) >= 11 is 6.31. The lowest BCUT2D eigenvalue weighted by Gasteiger charge is -2.26. The number of carbonyl (C=O) groups is 3. The maximum Gasteiger partial charge on any atom is 0.253 e. The lowest BCUT2D eigenvalue weighted by Crippen LogP contribution is -2.53. The van der Waals surface area contributed by atoms with Gasteiger partial charge < -0.3 is 14.8 Å². The molecular formula is C32H35ClN6O5. The van der Waals surface area contributed by atoms with Crippen LogP contribution in [-0.2, 0) is 20.8 Å². The first-order chi connectivity index (χ1) is 21.2. The Kier molecular flexibility index (Phi) is 9.43. The predicted octanol–water partition coefficient (Wildman–Crippen LogP) is 4.77. The molecule has 44 heavy (non-hydrogen) atoms. The number of halogens is 1. The monoisotopic (exact) mass is 618 g/mol. The van der Waals surface area contributed by atoms with E-state index in [0.717, 1.165) is 18.4 Å². The summed E-state index contributed by atoms with van der Waals surface area (Å²) in [6.07, 6.45) is 3.18. The van der Waals surface area contributed by atoms with Crippen LogP contribution in [-0.4, -0.2) is 58.8 Å². The van der Waals surface area contributed by atoms with Gasteiger partial charge in [0, 0.05) is 29.9 Å². The van der Waals surface area contributed by atoms with Crippen molar-refractivity contribution >= 4 is 46.9 Å². The number of guanidine groups is 1. The van der Waals surface area contributed by atoms with Crippen LogP contribution in [0, 0.1) is 25.7 Å². The van der Waals surface area contributed by atoms with Crippen molar-refractivity contribution in [3.63, 3.8) is 0 Å². The number of fused-ring (bicyclic) bond motifs is 1. The van der Waals surface area contributed by atoms with Gasteiger partial charge in [0.1, 0.15) is 17.5 Å². The number of carbonyl (C=O) groups excluding carboxylic acids is 3. The fraction of sp³-hybridized carbons (Fsp3) is 0.375. The van der Waals surface area contributed by atoms with Crippen LogP contribution in [0.2, 0.25) is 5.02 Å². The number of rotatable bonds is 8. The van der Waals surface area contributed by atoms with Gasteiger partial charge in [0.2, 0.25) is 23.7 Å². The van der Waals surface area contributed by atoms with Crippen LogP contribution in [0.15, 0.2) is 53.5 Å². The number of hydrogen-bond donors (Lipinski definition) is 2. The molecule has 2 heterocycles. The maximum atomic E-state index is 14.2. The SMILES string of the molecule is COc1cc(NC(=Nc2nc(C)cc(C)n2)NC(=O)C(Cc2ccccc2)N2C(=O)C3CCCCC3C2=O)c(OC)cc1Cl. The molecular weight excluding hydrogens is 584 g/mol. The van der Waals surface area contributed by atoms with Gasteiger partial charge in [-0.1, -0.05) is 54.8 Å². The van der Waals surface area contributed by atoms with Gasteiger partial charge in [-0.15, -0.1) is 0 Å². The molecule has 2 aliphatic rings. The van der Waals surface area contributed by atoms with Gasteiger partial charge in [-0.3, -0.25) is 24.6 Å². The first-order valence-corrected chi connectivity index (χ1v) is 14.9. The van der Waals surface area contributed by atoms with Gasteiger partial charge >= 0.3 is 0 Å². The quantitative estimate of drug-likeness (QED) is 0.209. The third-order valence-electron chi connectivity index (χ3n) is 7.91. The number of benzene rings is 2. The summed E-state index contributed by atoms with van der Waals surface area (Å²) in [4.78, 5) is 55.9. The Labute approximate surface area is 261 Å². The molecule has 3 unspecified atom stereocenters. The molecule has 2 N–H and O–H groups in total. The van der Waals surface area contributed by atoms with E-state index in [1.54, 1.807) is 18.2 Å². The van der Waals surface area contributed by atoms with E-state index in [-0.39, 0.29) is 30.1 Å². The molecule has 0 bridgehead atoms. The summed E-state index contributed by atoms with van der Waals surface area (Å²) in [6.45, 7) is 3.62. The molecule has 3 atom stereocenters. The smallest absolute Gasteiger partial charge is 0.253 e. The van der Waals surface area contributed by atoms with Gasteiger partial charge in [-0.05, 0) is 38.3 Å². The van der Waals surface area contributed by atoms with Crippen molar-refractivity contribution in [1.29, 1.82) is 0 Å². The number of methoxy groups -OCH3 is 2. The first-order valence-electron chi connectivity index (χ1n) is 14.5. The average Bonchev–Trinajstić information content (AvgIpc) is 3.25. The number of nitrogens with one attached hydrogen (secondary N) is 2. The highest BCUT2D eigenvalue weighted by atomic mass is 35.5. The van der Waals surface area contributed by atoms with Crippen LogP contribution in [0.3, 0.4) is 0 Å². The molecule has 0 radical (unpaired) electrons. The van der Waals surface area contributed by atoms with Crippen LogP contribution >= 0.6 is 11.6 Å². The van der Waals surface area contributed by atoms with Crippen LogP contribution in [0.4, 0.5) is 11.6 Å². The van der Waals surface area contributed by atoms with E-state index < -0.39 is 23.8 Å². The predicted molar refractivity (Wildman–Crippen MR) is 166 cm³/mol. The molecule has 1 aliphatic carbocycles. The van der Waals surface area contributed by atoms with Crippen molar-refractivity contribution < 1.29 is 23.9 Å². The van der Waals surface area contributed by atoms with Gasteiger partial charge in [0.05, 0.1) is 36.8 Å². The summed E-state index contributed by atoms with van der Waals surface area (Å²) in [5.41, 5.74) is 2.56. The number of amides is 3. The summed E-state index contributed by atoms with van der Waals surface area (Å²) in [6, 6.07) is 13.1. The van der Waals surface area contributed by atoms with E-state index in [4.69, 9.17) is 21.1 Å². The van der Waals surface area contributed by atoms with Crippen LogP contribution in [0.1, 0.15) is 42.6 Å². The van der Waals surface area contributed by atoms with Gasteiger partial charge in [-0.25, -0.2) is 9.97 Å². The minimum Gasteiger partial charge on any atom is -0.495 e. The van der Waals surface area contributed by atoms with Crippen molar-refractivity contribution in [2.24, 2.45) is 16.8 Å². The lowest BCUT2D eigenvalue weighted by atomic mass is 9.81. The highest BCUT2D eigenvalue weighted by Gasteiger charge is 2.52. The molecule has 1 aliphatic heterocycles. The number of aromatic nitrogens is 2. The minimum absolute atomic E-state index is 0.0442. The molecule has 1 saturated carbocycles. The van der Waals surface area contributed by atoms with E-state index in [1.165, 1.54) is 19.1 Å². The minimum atomic E-state index is -1.11. The van der Waals surface area contributed by atoms with E-state index in [1.807, 2.05) is 44.2 Å². The molecule has 5 rings (SSSR count). The van der Waals surface area contributed by atoms with Crippen LogP contribution in [0.25, 0.3) is 0 Å². The van der Waals surface area contributed by atoms with Crippen molar-refractivity contribution in [3.8, 4) is 11.5 Å². The standard InChI is InChI=1S/C32H35ClN6O5/c1-18-14-19(2)35-31(34-18)38-32(36-24-17-26(43-3)23(33)16-27(24)44-4)37-28(40)25(15-20-10-6-5-7-11-20)39-29(41)21-12-8-9-13-22(21)30(39)42/h5-7,10-11,14,16-17,21-22,25H,8-9,12-13,15H2,1-4H3,(H2,34,35,36,37,38,40). The second kappa shape index (κ2) is 13.4. The summed E-state index contributed by atoms with van der Waals surface area (Å²) in [5.74, 6) is -1.22. The Morgan fingerprint density at radius 1 is 0.977 bits per heavy atom. The molecule has 0 spiro atoms. The van der Waals surface area contributed by atoms with Crippen LogP contribution in [0.5, 0.6) is 11.5 Å². The Hall–Kier alpha value is -4.51. The second-order valence-corrected chi connectivity index (χ2v) is 11.4. The zero-order chi connectivity index (χ0) is 31.4.